The zero-order valence-corrected chi connectivity index (χ0v) is 23.1. The molecule has 40 heavy (non-hydrogen) atoms. The van der Waals surface area contributed by atoms with E-state index in [4.69, 9.17) is 25.8 Å². The summed E-state index contributed by atoms with van der Waals surface area (Å²) in [6.07, 6.45) is 0. The molecule has 2 amide bonds. The largest absolute Gasteiger partial charge is 0.497 e. The molecule has 0 aliphatic heterocycles. The Bertz CT molecular complexity index is 1470. The van der Waals surface area contributed by atoms with Crippen molar-refractivity contribution in [1.82, 2.24) is 20.1 Å². The first kappa shape index (κ1) is 28.7. The maximum Gasteiger partial charge on any atom is 0.258 e. The van der Waals surface area contributed by atoms with Crippen molar-refractivity contribution in [2.45, 2.75) is 11.7 Å². The average molecular weight is 586 g/mol. The lowest BCUT2D eigenvalue weighted by Crippen LogP contribution is -2.29. The van der Waals surface area contributed by atoms with Gasteiger partial charge in [0.1, 0.15) is 23.1 Å². The molecule has 0 unspecified atom stereocenters. The molecule has 208 valence electrons. The summed E-state index contributed by atoms with van der Waals surface area (Å²) in [6, 6.07) is 17.3. The van der Waals surface area contributed by atoms with Gasteiger partial charge in [-0.25, -0.2) is 4.39 Å². The molecule has 13 heteroatoms. The normalized spacial score (nSPS) is 10.6. The van der Waals surface area contributed by atoms with Crippen molar-refractivity contribution < 1.29 is 28.2 Å². The van der Waals surface area contributed by atoms with Crippen LogP contribution in [0.3, 0.4) is 0 Å². The summed E-state index contributed by atoms with van der Waals surface area (Å²) in [5.74, 6) is 0.826. The summed E-state index contributed by atoms with van der Waals surface area (Å²) < 4.78 is 31.3. The molecule has 3 aromatic carbocycles. The van der Waals surface area contributed by atoms with E-state index in [9.17, 15) is 14.0 Å². The molecule has 1 heterocycles. The fourth-order valence-electron chi connectivity index (χ4n) is 3.49. The third kappa shape index (κ3) is 7.64. The van der Waals surface area contributed by atoms with Crippen molar-refractivity contribution in [3.63, 3.8) is 0 Å². The van der Waals surface area contributed by atoms with Crippen molar-refractivity contribution in [1.29, 1.82) is 0 Å². The number of hydrogen-bond acceptors (Lipinski definition) is 8. The molecule has 4 rings (SSSR count). The highest BCUT2D eigenvalue weighted by Gasteiger charge is 2.20. The van der Waals surface area contributed by atoms with Crippen molar-refractivity contribution in [2.24, 2.45) is 0 Å². The van der Waals surface area contributed by atoms with Crippen molar-refractivity contribution >= 4 is 40.9 Å². The van der Waals surface area contributed by atoms with E-state index < -0.39 is 5.82 Å². The molecule has 0 fully saturated rings. The van der Waals surface area contributed by atoms with Gasteiger partial charge in [-0.1, -0.05) is 23.4 Å². The molecule has 4 aromatic rings. The van der Waals surface area contributed by atoms with Crippen LogP contribution in [0.1, 0.15) is 5.82 Å². The van der Waals surface area contributed by atoms with Crippen LogP contribution in [0.4, 0.5) is 10.1 Å². The van der Waals surface area contributed by atoms with Crippen molar-refractivity contribution in [2.75, 3.05) is 31.9 Å². The Kier molecular flexibility index (Phi) is 9.81. The molecular weight excluding hydrogens is 561 g/mol. The first-order valence-corrected chi connectivity index (χ1v) is 13.2. The number of carbonyl (C=O) groups excluding carboxylic acids is 2. The summed E-state index contributed by atoms with van der Waals surface area (Å²) in [5.41, 5.74) is 1.02. The van der Waals surface area contributed by atoms with Gasteiger partial charge in [0.05, 0.1) is 32.2 Å². The van der Waals surface area contributed by atoms with Crippen LogP contribution < -0.4 is 24.8 Å². The monoisotopic (exact) mass is 585 g/mol. The minimum absolute atomic E-state index is 0.0108. The van der Waals surface area contributed by atoms with Crippen LogP contribution in [-0.4, -0.2) is 53.2 Å². The lowest BCUT2D eigenvalue weighted by atomic mass is 10.2. The number of anilines is 1. The number of aromatic nitrogens is 3. The highest BCUT2D eigenvalue weighted by molar-refractivity contribution is 7.99. The van der Waals surface area contributed by atoms with Gasteiger partial charge < -0.3 is 24.8 Å². The van der Waals surface area contributed by atoms with Gasteiger partial charge in [-0.05, 0) is 60.7 Å². The van der Waals surface area contributed by atoms with E-state index in [2.05, 4.69) is 20.8 Å². The van der Waals surface area contributed by atoms with Crippen LogP contribution in [0.5, 0.6) is 17.2 Å². The van der Waals surface area contributed by atoms with Gasteiger partial charge in [0.15, 0.2) is 17.6 Å². The molecule has 10 nitrogen and oxygen atoms in total. The minimum atomic E-state index is -0.399. The number of methoxy groups -OCH3 is 2. The Balaban J connectivity index is 1.50. The van der Waals surface area contributed by atoms with E-state index in [1.165, 1.54) is 38.5 Å². The number of benzene rings is 3. The quantitative estimate of drug-likeness (QED) is 0.233. The molecule has 0 radical (unpaired) electrons. The molecule has 0 aliphatic carbocycles. The predicted octanol–water partition coefficient (Wildman–Crippen LogP) is 4.50. The molecule has 0 saturated carbocycles. The van der Waals surface area contributed by atoms with Gasteiger partial charge >= 0.3 is 0 Å². The molecule has 0 bridgehead atoms. The predicted molar refractivity (Wildman–Crippen MR) is 149 cm³/mol. The second-order valence-corrected chi connectivity index (χ2v) is 9.51. The summed E-state index contributed by atoms with van der Waals surface area (Å²) in [4.78, 5) is 25.1. The number of hydrogen-bond donors (Lipinski definition) is 2. The van der Waals surface area contributed by atoms with Crippen LogP contribution in [-0.2, 0) is 16.1 Å². The van der Waals surface area contributed by atoms with E-state index >= 15 is 0 Å². The highest BCUT2D eigenvalue weighted by atomic mass is 35.5. The van der Waals surface area contributed by atoms with Crippen molar-refractivity contribution in [3.05, 3.63) is 83.4 Å². The smallest absolute Gasteiger partial charge is 0.258 e. The topological polar surface area (TPSA) is 117 Å². The van der Waals surface area contributed by atoms with Gasteiger partial charge in [0.2, 0.25) is 5.91 Å². The first-order valence-electron chi connectivity index (χ1n) is 11.9. The Morgan fingerprint density at radius 3 is 2.38 bits per heavy atom. The fraction of sp³-hybridized carbons (Fsp3) is 0.185. The standard InChI is InChI=1S/C27H25ClFN5O5S/c1-37-21-11-12-23(38-2)22(13-21)34-24(14-30-25(35)15-39-20-9-3-17(28)4-10-20)32-33-27(34)40-16-26(36)31-19-7-5-18(29)6-8-19/h3-13H,14-16H2,1-2H3,(H,30,35)(H,31,36). The average Bonchev–Trinajstić information content (AvgIpc) is 3.38. The number of nitrogens with one attached hydrogen (secondary N) is 2. The second-order valence-electron chi connectivity index (χ2n) is 8.14. The zero-order valence-electron chi connectivity index (χ0n) is 21.5. The summed E-state index contributed by atoms with van der Waals surface area (Å²) in [7, 11) is 3.06. The van der Waals surface area contributed by atoms with E-state index in [-0.39, 0.29) is 30.7 Å². The lowest BCUT2D eigenvalue weighted by molar-refractivity contribution is -0.123. The fourth-order valence-corrected chi connectivity index (χ4v) is 4.38. The van der Waals surface area contributed by atoms with Gasteiger partial charge in [0.25, 0.3) is 5.91 Å². The Hall–Kier alpha value is -4.29. The lowest BCUT2D eigenvalue weighted by Gasteiger charge is -2.15. The van der Waals surface area contributed by atoms with E-state index in [1.54, 1.807) is 47.0 Å². The zero-order chi connectivity index (χ0) is 28.5. The Morgan fingerprint density at radius 2 is 1.68 bits per heavy atom. The minimum Gasteiger partial charge on any atom is -0.497 e. The second kappa shape index (κ2) is 13.7. The van der Waals surface area contributed by atoms with Gasteiger partial charge in [-0.3, -0.25) is 14.2 Å². The molecule has 2 N–H and O–H groups in total. The van der Waals surface area contributed by atoms with E-state index in [1.807, 2.05) is 0 Å². The summed E-state index contributed by atoms with van der Waals surface area (Å²) in [5, 5.41) is 14.9. The molecule has 0 atom stereocenters. The summed E-state index contributed by atoms with van der Waals surface area (Å²) in [6.45, 7) is -0.206. The number of ether oxygens (including phenoxy) is 3. The molecule has 1 aromatic heterocycles. The van der Waals surface area contributed by atoms with Gasteiger partial charge in [0, 0.05) is 16.8 Å². The van der Waals surface area contributed by atoms with Crippen LogP contribution in [0.15, 0.2) is 71.9 Å². The number of amides is 2. The third-order valence-corrected chi connectivity index (χ3v) is 6.60. The maximum absolute atomic E-state index is 13.2. The van der Waals surface area contributed by atoms with Gasteiger partial charge in [-0.15, -0.1) is 10.2 Å². The first-order chi connectivity index (χ1) is 19.4. The third-order valence-electron chi connectivity index (χ3n) is 5.41. The van der Waals surface area contributed by atoms with Gasteiger partial charge in [-0.2, -0.15) is 0 Å². The van der Waals surface area contributed by atoms with Crippen LogP contribution in [0.25, 0.3) is 5.69 Å². The van der Waals surface area contributed by atoms with Crippen LogP contribution in [0, 0.1) is 5.82 Å². The number of thioether (sulfide) groups is 1. The van der Waals surface area contributed by atoms with Crippen molar-refractivity contribution in [3.8, 4) is 22.9 Å². The molecule has 0 spiro atoms. The number of halogens is 2. The Labute approximate surface area is 238 Å². The van der Waals surface area contributed by atoms with E-state index in [0.29, 0.717) is 44.6 Å². The maximum atomic E-state index is 13.2. The Morgan fingerprint density at radius 1 is 0.950 bits per heavy atom. The molecule has 0 aliphatic rings. The SMILES string of the molecule is COc1ccc(OC)c(-n2c(CNC(=O)COc3ccc(Cl)cc3)nnc2SCC(=O)Nc2ccc(F)cc2)c1. The summed E-state index contributed by atoms with van der Waals surface area (Å²) >= 11 is 7.01. The van der Waals surface area contributed by atoms with Crippen LogP contribution in [0.2, 0.25) is 5.02 Å². The highest BCUT2D eigenvalue weighted by Crippen LogP contribution is 2.32. The molecular formula is C27H25ClFN5O5S. The molecule has 0 saturated heterocycles. The number of nitrogens with zero attached hydrogens (tertiary/aromatic N) is 3. The number of rotatable bonds is 12. The van der Waals surface area contributed by atoms with E-state index in [0.717, 1.165) is 11.8 Å². The van der Waals surface area contributed by atoms with Crippen LogP contribution >= 0.6 is 23.4 Å². The number of carbonyl (C=O) groups is 2.